The van der Waals surface area contributed by atoms with Gasteiger partial charge in [0, 0.05) is 47.4 Å². The summed E-state index contributed by atoms with van der Waals surface area (Å²) in [5.41, 5.74) is 0. The van der Waals surface area contributed by atoms with Gasteiger partial charge in [-0.05, 0) is 25.7 Å². The van der Waals surface area contributed by atoms with Gasteiger partial charge in [-0.25, -0.2) is 40.6 Å². The Morgan fingerprint density at radius 1 is 0.230 bits per heavy atom. The molecule has 12 nitrogen and oxygen atoms in total. The van der Waals surface area contributed by atoms with E-state index in [1.54, 1.807) is 0 Å². The molecule has 4 atom stereocenters. The van der Waals surface area contributed by atoms with Gasteiger partial charge in [0.25, 0.3) is 0 Å². The van der Waals surface area contributed by atoms with E-state index in [1.807, 2.05) is 0 Å². The van der Waals surface area contributed by atoms with Crippen molar-refractivity contribution in [2.75, 3.05) is 0 Å². The first kappa shape index (κ1) is 70.3. The third-order valence-corrected chi connectivity index (χ3v) is 10.7. The Labute approximate surface area is 390 Å². The average molecular weight is 921 g/mol. The van der Waals surface area contributed by atoms with E-state index >= 15 is 0 Å². The van der Waals surface area contributed by atoms with Crippen LogP contribution < -0.4 is 0 Å². The van der Waals surface area contributed by atoms with E-state index < -0.39 is 25.2 Å². The van der Waals surface area contributed by atoms with Crippen molar-refractivity contribution in [2.24, 2.45) is 0 Å². The van der Waals surface area contributed by atoms with Crippen LogP contribution in [0.2, 0.25) is 0 Å². The molecule has 0 rings (SSSR count). The minimum Gasteiger partial charge on any atom is -0.366 e. The Bertz CT molecular complexity index is 589. The van der Waals surface area contributed by atoms with E-state index in [1.165, 1.54) is 180 Å². The van der Waals surface area contributed by atoms with Gasteiger partial charge in [0.1, 0.15) is 0 Å². The minimum absolute atomic E-state index is 0. The maximum Gasteiger partial charge on any atom is 0.188 e. The summed E-state index contributed by atoms with van der Waals surface area (Å²) in [6.45, 7) is 8.92. The zero-order chi connectivity index (χ0) is 45.4. The summed E-state index contributed by atoms with van der Waals surface area (Å²) >= 11 is 0. The van der Waals surface area contributed by atoms with E-state index in [0.29, 0.717) is 25.7 Å². The smallest absolute Gasteiger partial charge is 0.188 e. The van der Waals surface area contributed by atoms with E-state index in [0.717, 1.165) is 51.4 Å². The number of aliphatic hydroxyl groups excluding tert-OH is 4. The SMILES string of the molecule is CCCCCCCCCCCC(O)OO.CCCCCCCCCCCC(O)OO.CCCCCCCCCCCC(O)OO.CCCCCCCCCCCC(O)OO.[Ti]. The molecule has 0 saturated heterocycles. The Kier molecular flexibility index (Phi) is 77.0. The average Bonchev–Trinajstić information content (AvgIpc) is 3.27. The zero-order valence-electron chi connectivity index (χ0n) is 40.3. The van der Waals surface area contributed by atoms with Gasteiger partial charge in [-0.1, -0.05) is 233 Å². The van der Waals surface area contributed by atoms with Gasteiger partial charge < -0.3 is 20.4 Å². The molecule has 4 unspecified atom stereocenters. The number of unbranched alkanes of at least 4 members (excludes halogenated alkanes) is 32. The fourth-order valence-corrected chi connectivity index (χ4v) is 6.73. The van der Waals surface area contributed by atoms with Gasteiger partial charge in [-0.15, -0.1) is 0 Å². The molecular formula is C48H104O12Ti. The van der Waals surface area contributed by atoms with Crippen LogP contribution in [0, 0.1) is 0 Å². The maximum absolute atomic E-state index is 8.89. The maximum atomic E-state index is 8.89. The first-order chi connectivity index (χ1) is 29.2. The third kappa shape index (κ3) is 74.9. The summed E-state index contributed by atoms with van der Waals surface area (Å²) in [5, 5.41) is 68.0. The van der Waals surface area contributed by atoms with Crippen molar-refractivity contribution >= 4 is 0 Å². The Morgan fingerprint density at radius 2 is 0.344 bits per heavy atom. The molecule has 0 saturated carbocycles. The van der Waals surface area contributed by atoms with E-state index in [4.69, 9.17) is 41.5 Å². The first-order valence-corrected chi connectivity index (χ1v) is 25.2. The number of aliphatic hydroxyl groups is 4. The Morgan fingerprint density at radius 3 is 0.459 bits per heavy atom. The predicted octanol–water partition coefficient (Wildman–Crippen LogP) is 14.9. The monoisotopic (exact) mass is 921 g/mol. The molecule has 0 aromatic carbocycles. The molecular weight excluding hydrogens is 816 g/mol. The van der Waals surface area contributed by atoms with Crippen molar-refractivity contribution in [1.82, 2.24) is 0 Å². The van der Waals surface area contributed by atoms with Crippen LogP contribution in [-0.4, -0.2) is 66.6 Å². The van der Waals surface area contributed by atoms with Gasteiger partial charge >= 0.3 is 0 Å². The van der Waals surface area contributed by atoms with Gasteiger partial charge in [-0.2, -0.15) is 0 Å². The van der Waals surface area contributed by atoms with Crippen molar-refractivity contribution < 1.29 is 82.7 Å². The van der Waals surface area contributed by atoms with Crippen LogP contribution in [0.25, 0.3) is 0 Å². The van der Waals surface area contributed by atoms with Crippen LogP contribution in [0.5, 0.6) is 0 Å². The van der Waals surface area contributed by atoms with Crippen molar-refractivity contribution in [3.05, 3.63) is 0 Å². The van der Waals surface area contributed by atoms with Crippen LogP contribution in [0.1, 0.15) is 285 Å². The topological polar surface area (TPSA) is 199 Å². The molecule has 372 valence electrons. The molecule has 0 amide bonds. The van der Waals surface area contributed by atoms with Crippen LogP contribution in [0.4, 0.5) is 0 Å². The standard InChI is InChI=1S/4C12H26O3.Ti/c4*1-2-3-4-5-6-7-8-9-10-11-12(13)15-14;/h4*12-14H,2-11H2,1H3;. The quantitative estimate of drug-likeness (QED) is 0.00947. The van der Waals surface area contributed by atoms with E-state index in [2.05, 4.69) is 47.2 Å². The largest absolute Gasteiger partial charge is 0.366 e. The molecule has 0 radical (unpaired) electrons. The fraction of sp³-hybridized carbons (Fsp3) is 1.00. The van der Waals surface area contributed by atoms with Crippen LogP contribution in [0.15, 0.2) is 0 Å². The van der Waals surface area contributed by atoms with Crippen LogP contribution in [0.3, 0.4) is 0 Å². The number of rotatable bonds is 44. The number of hydrogen-bond acceptors (Lipinski definition) is 12. The molecule has 0 heterocycles. The second-order valence-electron chi connectivity index (χ2n) is 16.7. The first-order valence-electron chi connectivity index (χ1n) is 25.2. The van der Waals surface area contributed by atoms with Gasteiger partial charge in [0.15, 0.2) is 25.2 Å². The van der Waals surface area contributed by atoms with Crippen molar-refractivity contribution in [3.8, 4) is 0 Å². The van der Waals surface area contributed by atoms with Gasteiger partial charge in [0.05, 0.1) is 0 Å². The second-order valence-corrected chi connectivity index (χ2v) is 16.7. The fourth-order valence-electron chi connectivity index (χ4n) is 6.73. The summed E-state index contributed by atoms with van der Waals surface area (Å²) in [7, 11) is 0. The van der Waals surface area contributed by atoms with Crippen LogP contribution in [-0.2, 0) is 41.3 Å². The molecule has 0 aliphatic carbocycles. The molecule has 61 heavy (non-hydrogen) atoms. The Hall–Kier alpha value is 0.234. The van der Waals surface area contributed by atoms with Crippen molar-refractivity contribution in [1.29, 1.82) is 0 Å². The number of hydrogen-bond donors (Lipinski definition) is 8. The summed E-state index contributed by atoms with van der Waals surface area (Å²) in [4.78, 5) is 15.1. The van der Waals surface area contributed by atoms with Crippen molar-refractivity contribution in [2.45, 2.75) is 310 Å². The molecule has 13 heteroatoms. The molecule has 0 aliphatic heterocycles. The normalized spacial score (nSPS) is 12.8. The molecule has 8 N–H and O–H groups in total. The molecule has 0 bridgehead atoms. The summed E-state index contributed by atoms with van der Waals surface area (Å²) < 4.78 is 0. The van der Waals surface area contributed by atoms with E-state index in [-0.39, 0.29) is 21.7 Å². The Balaban J connectivity index is -0.000000227. The van der Waals surface area contributed by atoms with Gasteiger partial charge in [-0.3, -0.25) is 0 Å². The second kappa shape index (κ2) is 66.8. The molecule has 0 spiro atoms. The molecule has 0 aromatic rings. The minimum atomic E-state index is -0.991. The summed E-state index contributed by atoms with van der Waals surface area (Å²) in [6.07, 6.45) is 43.3. The molecule has 0 aromatic heterocycles. The van der Waals surface area contributed by atoms with Gasteiger partial charge in [0.2, 0.25) is 0 Å². The molecule has 0 aliphatic rings. The summed E-state index contributed by atoms with van der Waals surface area (Å²) in [6, 6.07) is 0. The van der Waals surface area contributed by atoms with E-state index in [9.17, 15) is 0 Å². The van der Waals surface area contributed by atoms with Crippen LogP contribution >= 0.6 is 0 Å². The zero-order valence-corrected chi connectivity index (χ0v) is 41.9. The van der Waals surface area contributed by atoms with Crippen molar-refractivity contribution in [3.63, 3.8) is 0 Å². The summed E-state index contributed by atoms with van der Waals surface area (Å²) in [5.74, 6) is 0. The molecule has 0 fully saturated rings. The predicted molar refractivity (Wildman–Crippen MR) is 246 cm³/mol. The third-order valence-electron chi connectivity index (χ3n) is 10.7.